The van der Waals surface area contributed by atoms with E-state index < -0.39 is 12.1 Å². The zero-order valence-electron chi connectivity index (χ0n) is 10.8. The van der Waals surface area contributed by atoms with Gasteiger partial charge in [0.1, 0.15) is 23.4 Å². The Hall–Kier alpha value is -2.56. The topological polar surface area (TPSA) is 57.4 Å². The monoisotopic (exact) mass is 272 g/mol. The summed E-state index contributed by atoms with van der Waals surface area (Å²) in [7, 11) is 1.60. The molecular formula is C15H13FN2O2. The van der Waals surface area contributed by atoms with E-state index in [2.05, 4.69) is 4.98 Å². The van der Waals surface area contributed by atoms with Crippen LogP contribution in [0.3, 0.4) is 0 Å². The zero-order chi connectivity index (χ0) is 14.1. The van der Waals surface area contributed by atoms with Crippen molar-refractivity contribution >= 4 is 11.9 Å². The molecule has 2 aromatic rings. The Balaban J connectivity index is 1.93. The molecule has 0 spiro atoms. The van der Waals surface area contributed by atoms with E-state index in [-0.39, 0.29) is 5.82 Å². The number of methoxy groups -OCH3 is 1. The van der Waals surface area contributed by atoms with Crippen LogP contribution in [0.15, 0.2) is 36.4 Å². The summed E-state index contributed by atoms with van der Waals surface area (Å²) in [6.07, 6.45) is 3.14. The SMILES string of the molecule is COc1ccc2c(c1)C=CC(c1ccc(N)nc1F)O2. The molecule has 1 aliphatic heterocycles. The smallest absolute Gasteiger partial charge is 0.222 e. The number of anilines is 1. The van der Waals surface area contributed by atoms with Crippen LogP contribution >= 0.6 is 0 Å². The minimum atomic E-state index is -0.614. The lowest BCUT2D eigenvalue weighted by Crippen LogP contribution is -2.12. The summed E-state index contributed by atoms with van der Waals surface area (Å²) in [5.41, 5.74) is 6.69. The molecule has 0 aliphatic carbocycles. The fraction of sp³-hybridized carbons (Fsp3) is 0.133. The molecule has 5 heteroatoms. The highest BCUT2D eigenvalue weighted by Gasteiger charge is 2.20. The molecule has 2 N–H and O–H groups in total. The second-order valence-electron chi connectivity index (χ2n) is 4.42. The molecule has 1 aromatic carbocycles. The molecule has 0 bridgehead atoms. The first-order valence-corrected chi connectivity index (χ1v) is 6.12. The Morgan fingerprint density at radius 3 is 2.90 bits per heavy atom. The summed E-state index contributed by atoms with van der Waals surface area (Å²) in [5, 5.41) is 0. The summed E-state index contributed by atoms with van der Waals surface area (Å²) in [6.45, 7) is 0. The second-order valence-corrected chi connectivity index (χ2v) is 4.42. The maximum Gasteiger partial charge on any atom is 0.222 e. The van der Waals surface area contributed by atoms with E-state index >= 15 is 0 Å². The van der Waals surface area contributed by atoms with Gasteiger partial charge in [-0.15, -0.1) is 0 Å². The van der Waals surface area contributed by atoms with Crippen LogP contribution in [0.25, 0.3) is 6.08 Å². The number of aromatic nitrogens is 1. The van der Waals surface area contributed by atoms with Gasteiger partial charge in [0, 0.05) is 5.56 Å². The van der Waals surface area contributed by atoms with E-state index in [0.29, 0.717) is 11.3 Å². The summed E-state index contributed by atoms with van der Waals surface area (Å²) >= 11 is 0. The number of rotatable bonds is 2. The molecule has 0 fully saturated rings. The van der Waals surface area contributed by atoms with Crippen molar-refractivity contribution in [2.75, 3.05) is 12.8 Å². The highest BCUT2D eigenvalue weighted by Crippen LogP contribution is 2.35. The minimum Gasteiger partial charge on any atom is -0.497 e. The van der Waals surface area contributed by atoms with Gasteiger partial charge < -0.3 is 15.2 Å². The predicted molar refractivity (Wildman–Crippen MR) is 74.0 cm³/mol. The standard InChI is InChI=1S/C15H13FN2O2/c1-19-10-3-6-12-9(8-10)2-5-13(20-12)11-4-7-14(17)18-15(11)16/h2-8,13H,1H3,(H2,17,18). The molecule has 102 valence electrons. The Morgan fingerprint density at radius 2 is 2.15 bits per heavy atom. The first-order valence-electron chi connectivity index (χ1n) is 6.12. The van der Waals surface area contributed by atoms with E-state index in [1.54, 1.807) is 37.5 Å². The average molecular weight is 272 g/mol. The van der Waals surface area contributed by atoms with Crippen molar-refractivity contribution in [3.8, 4) is 11.5 Å². The van der Waals surface area contributed by atoms with Gasteiger partial charge in [0.05, 0.1) is 12.7 Å². The molecule has 1 unspecified atom stereocenters. The summed E-state index contributed by atoms with van der Waals surface area (Å²) in [4.78, 5) is 3.61. The van der Waals surface area contributed by atoms with E-state index in [4.69, 9.17) is 15.2 Å². The first kappa shape index (κ1) is 12.5. The molecule has 0 saturated carbocycles. The highest BCUT2D eigenvalue weighted by atomic mass is 19.1. The largest absolute Gasteiger partial charge is 0.497 e. The minimum absolute atomic E-state index is 0.149. The van der Waals surface area contributed by atoms with E-state index in [0.717, 1.165) is 11.3 Å². The molecule has 0 radical (unpaired) electrons. The summed E-state index contributed by atoms with van der Waals surface area (Å²) in [6, 6.07) is 8.60. The lowest BCUT2D eigenvalue weighted by Gasteiger charge is -2.22. The second kappa shape index (κ2) is 4.85. The number of halogens is 1. The molecule has 1 aliphatic rings. The van der Waals surface area contributed by atoms with Gasteiger partial charge in [-0.1, -0.05) is 6.08 Å². The van der Waals surface area contributed by atoms with Crippen molar-refractivity contribution in [2.24, 2.45) is 0 Å². The van der Waals surface area contributed by atoms with Crippen LogP contribution in [0.2, 0.25) is 0 Å². The number of nitrogens with zero attached hydrogens (tertiary/aromatic N) is 1. The lowest BCUT2D eigenvalue weighted by molar-refractivity contribution is 0.244. The number of ether oxygens (including phenoxy) is 2. The molecule has 0 saturated heterocycles. The number of pyridine rings is 1. The van der Waals surface area contributed by atoms with Gasteiger partial charge in [-0.3, -0.25) is 0 Å². The Kier molecular flexibility index (Phi) is 3.02. The van der Waals surface area contributed by atoms with E-state index in [9.17, 15) is 4.39 Å². The summed E-state index contributed by atoms with van der Waals surface area (Å²) < 4.78 is 24.7. The summed E-state index contributed by atoms with van der Waals surface area (Å²) in [5.74, 6) is 0.957. The van der Waals surface area contributed by atoms with Gasteiger partial charge in [-0.05, 0) is 36.4 Å². The average Bonchev–Trinajstić information content (AvgIpc) is 2.46. The molecule has 4 nitrogen and oxygen atoms in total. The Morgan fingerprint density at radius 1 is 1.30 bits per heavy atom. The normalized spacial score (nSPS) is 16.4. The van der Waals surface area contributed by atoms with Crippen LogP contribution in [-0.2, 0) is 0 Å². The fourth-order valence-corrected chi connectivity index (χ4v) is 2.10. The predicted octanol–water partition coefficient (Wildman–Crippen LogP) is 2.96. The molecule has 20 heavy (non-hydrogen) atoms. The van der Waals surface area contributed by atoms with Crippen molar-refractivity contribution in [3.63, 3.8) is 0 Å². The fourth-order valence-electron chi connectivity index (χ4n) is 2.10. The van der Waals surface area contributed by atoms with E-state index in [1.807, 2.05) is 12.1 Å². The number of hydrogen-bond acceptors (Lipinski definition) is 4. The Bertz CT molecular complexity index is 686. The maximum absolute atomic E-state index is 13.8. The number of benzene rings is 1. The third kappa shape index (κ3) is 2.18. The van der Waals surface area contributed by atoms with Crippen LogP contribution in [0.1, 0.15) is 17.2 Å². The van der Waals surface area contributed by atoms with E-state index in [1.165, 1.54) is 0 Å². The van der Waals surface area contributed by atoms with Crippen molar-refractivity contribution in [3.05, 3.63) is 53.5 Å². The number of nitrogens with two attached hydrogens (primary N) is 1. The molecule has 1 aromatic heterocycles. The van der Waals surface area contributed by atoms with Crippen LogP contribution < -0.4 is 15.2 Å². The van der Waals surface area contributed by atoms with Gasteiger partial charge in [0.15, 0.2) is 0 Å². The third-order valence-corrected chi connectivity index (χ3v) is 3.13. The Labute approximate surface area is 115 Å². The van der Waals surface area contributed by atoms with Gasteiger partial charge >= 0.3 is 0 Å². The number of fused-ring (bicyclic) bond motifs is 1. The quantitative estimate of drug-likeness (QED) is 0.854. The lowest BCUT2D eigenvalue weighted by atomic mass is 10.0. The van der Waals surface area contributed by atoms with Gasteiger partial charge in [-0.2, -0.15) is 4.39 Å². The maximum atomic E-state index is 13.8. The number of nitrogen functional groups attached to an aromatic ring is 1. The van der Waals surface area contributed by atoms with Gasteiger partial charge in [0.2, 0.25) is 5.95 Å². The van der Waals surface area contributed by atoms with Crippen LogP contribution in [-0.4, -0.2) is 12.1 Å². The van der Waals surface area contributed by atoms with Crippen LogP contribution in [0, 0.1) is 5.95 Å². The third-order valence-electron chi connectivity index (χ3n) is 3.13. The van der Waals surface area contributed by atoms with Gasteiger partial charge in [-0.25, -0.2) is 4.98 Å². The highest BCUT2D eigenvalue weighted by molar-refractivity contribution is 5.62. The number of hydrogen-bond donors (Lipinski definition) is 1. The van der Waals surface area contributed by atoms with Crippen molar-refractivity contribution < 1.29 is 13.9 Å². The van der Waals surface area contributed by atoms with Crippen LogP contribution in [0.4, 0.5) is 10.2 Å². The van der Waals surface area contributed by atoms with Crippen molar-refractivity contribution in [1.82, 2.24) is 4.98 Å². The molecule has 0 amide bonds. The zero-order valence-corrected chi connectivity index (χ0v) is 10.8. The van der Waals surface area contributed by atoms with Crippen molar-refractivity contribution in [2.45, 2.75) is 6.10 Å². The molecule has 3 rings (SSSR count). The molecule has 2 heterocycles. The van der Waals surface area contributed by atoms with Gasteiger partial charge in [0.25, 0.3) is 0 Å². The first-order chi connectivity index (χ1) is 9.67. The van der Waals surface area contributed by atoms with Crippen molar-refractivity contribution in [1.29, 1.82) is 0 Å². The molecule has 1 atom stereocenters. The van der Waals surface area contributed by atoms with Crippen LogP contribution in [0.5, 0.6) is 11.5 Å². The molecular weight excluding hydrogens is 259 g/mol.